The van der Waals surface area contributed by atoms with E-state index in [0.29, 0.717) is 18.9 Å². The molecule has 1 heterocycles. The summed E-state index contributed by atoms with van der Waals surface area (Å²) in [5.41, 5.74) is 3.98. The lowest BCUT2D eigenvalue weighted by Gasteiger charge is -2.34. The van der Waals surface area contributed by atoms with Gasteiger partial charge in [0.1, 0.15) is 5.82 Å². The Hall–Kier alpha value is -1.67. The van der Waals surface area contributed by atoms with Crippen molar-refractivity contribution in [1.82, 2.24) is 10.1 Å². The predicted molar refractivity (Wildman–Crippen MR) is 71.7 cm³/mol. The molecule has 0 unspecified atom stereocenters. The summed E-state index contributed by atoms with van der Waals surface area (Å²) < 4.78 is 56.2. The lowest BCUT2D eigenvalue weighted by molar-refractivity contribution is -0.139. The molecule has 1 aromatic carbocycles. The zero-order chi connectivity index (χ0) is 15.3. The van der Waals surface area contributed by atoms with E-state index < -0.39 is 23.1 Å². The van der Waals surface area contributed by atoms with Crippen LogP contribution in [0.5, 0.6) is 0 Å². The number of benzene rings is 1. The Morgan fingerprint density at radius 3 is 2.45 bits per heavy atom. The van der Waals surface area contributed by atoms with Gasteiger partial charge in [0.15, 0.2) is 5.82 Å². The van der Waals surface area contributed by atoms with Gasteiger partial charge >= 0.3 is 6.18 Å². The Labute approximate surface area is 129 Å². The summed E-state index contributed by atoms with van der Waals surface area (Å²) in [7, 11) is 0. The van der Waals surface area contributed by atoms with Crippen LogP contribution in [0, 0.1) is 5.82 Å². The lowest BCUT2D eigenvalue weighted by atomic mass is 9.77. The van der Waals surface area contributed by atoms with Gasteiger partial charge in [0.05, 0.1) is 11.1 Å². The average molecular weight is 338 g/mol. The summed E-state index contributed by atoms with van der Waals surface area (Å²) in [5, 5.41) is 3.71. The maximum atomic E-state index is 13.2. The highest BCUT2D eigenvalue weighted by atomic mass is 35.5. The van der Waals surface area contributed by atoms with Gasteiger partial charge in [0.2, 0.25) is 0 Å². The van der Waals surface area contributed by atoms with E-state index in [4.69, 9.17) is 10.3 Å². The largest absolute Gasteiger partial charge is 0.419 e. The number of hydrogen-bond donors (Lipinski definition) is 1. The fourth-order valence-corrected chi connectivity index (χ4v) is 2.20. The van der Waals surface area contributed by atoms with Crippen molar-refractivity contribution in [3.8, 4) is 11.5 Å². The summed E-state index contributed by atoms with van der Waals surface area (Å²) in [6.45, 7) is 0. The molecule has 4 nitrogen and oxygen atoms in total. The summed E-state index contributed by atoms with van der Waals surface area (Å²) >= 11 is 0. The Morgan fingerprint density at radius 1 is 1.23 bits per heavy atom. The van der Waals surface area contributed by atoms with Crippen molar-refractivity contribution < 1.29 is 22.1 Å². The van der Waals surface area contributed by atoms with Gasteiger partial charge in [0.25, 0.3) is 5.89 Å². The van der Waals surface area contributed by atoms with Crippen LogP contribution in [0.15, 0.2) is 22.7 Å². The molecule has 2 aromatic rings. The Morgan fingerprint density at radius 2 is 1.91 bits per heavy atom. The van der Waals surface area contributed by atoms with Crippen molar-refractivity contribution in [2.75, 3.05) is 0 Å². The van der Waals surface area contributed by atoms with E-state index in [-0.39, 0.29) is 29.7 Å². The smallest absolute Gasteiger partial charge is 0.334 e. The lowest BCUT2D eigenvalue weighted by Crippen LogP contribution is -2.44. The van der Waals surface area contributed by atoms with Gasteiger partial charge < -0.3 is 10.3 Å². The number of alkyl halides is 3. The van der Waals surface area contributed by atoms with Crippen LogP contribution in [0.2, 0.25) is 0 Å². The van der Waals surface area contributed by atoms with Crippen molar-refractivity contribution in [1.29, 1.82) is 0 Å². The van der Waals surface area contributed by atoms with Gasteiger partial charge in [-0.15, -0.1) is 12.4 Å². The van der Waals surface area contributed by atoms with Crippen LogP contribution in [0.1, 0.15) is 30.7 Å². The van der Waals surface area contributed by atoms with Gasteiger partial charge in [-0.2, -0.15) is 18.2 Å². The SMILES string of the molecule is Cl.NC1(c2noc(-c3ccc(F)c(C(F)(F)F)c3)n2)CCC1. The van der Waals surface area contributed by atoms with E-state index in [2.05, 4.69) is 10.1 Å². The molecule has 1 saturated carbocycles. The summed E-state index contributed by atoms with van der Waals surface area (Å²) in [4.78, 5) is 4.03. The first-order chi connectivity index (χ1) is 9.79. The minimum absolute atomic E-state index is 0. The van der Waals surface area contributed by atoms with E-state index in [9.17, 15) is 17.6 Å². The molecule has 120 valence electrons. The molecule has 0 bridgehead atoms. The van der Waals surface area contributed by atoms with Gasteiger partial charge in [0, 0.05) is 5.56 Å². The summed E-state index contributed by atoms with van der Waals surface area (Å²) in [5.74, 6) is -1.19. The molecule has 1 aromatic heterocycles. The molecular formula is C13H12ClF4N3O. The fraction of sp³-hybridized carbons (Fsp3) is 0.385. The topological polar surface area (TPSA) is 64.9 Å². The molecule has 3 rings (SSSR count). The fourth-order valence-electron chi connectivity index (χ4n) is 2.20. The molecular weight excluding hydrogens is 326 g/mol. The van der Waals surface area contributed by atoms with Crippen LogP contribution >= 0.6 is 12.4 Å². The number of aromatic nitrogens is 2. The molecule has 9 heteroatoms. The summed E-state index contributed by atoms with van der Waals surface area (Å²) in [6, 6.07) is 2.53. The Balaban J connectivity index is 0.00000176. The number of halogens is 5. The highest BCUT2D eigenvalue weighted by Gasteiger charge is 2.39. The molecule has 0 atom stereocenters. The minimum Gasteiger partial charge on any atom is -0.334 e. The van der Waals surface area contributed by atoms with E-state index in [1.165, 1.54) is 0 Å². The normalized spacial score (nSPS) is 16.8. The molecule has 2 N–H and O–H groups in total. The van der Waals surface area contributed by atoms with Crippen LogP contribution in [0.3, 0.4) is 0 Å². The van der Waals surface area contributed by atoms with E-state index in [0.717, 1.165) is 18.6 Å². The molecule has 0 radical (unpaired) electrons. The van der Waals surface area contributed by atoms with Crippen LogP contribution in [-0.4, -0.2) is 10.1 Å². The number of nitrogens with zero attached hydrogens (tertiary/aromatic N) is 2. The predicted octanol–water partition coefficient (Wildman–Crippen LogP) is 3.65. The van der Waals surface area contributed by atoms with Crippen molar-refractivity contribution in [3.05, 3.63) is 35.4 Å². The standard InChI is InChI=1S/C13H11F4N3O.ClH/c14-9-3-2-7(6-8(9)13(15,16)17)10-19-11(20-21-10)12(18)4-1-5-12;/h2-3,6H,1,4-5,18H2;1H. The zero-order valence-corrected chi connectivity index (χ0v) is 12.0. The van der Waals surface area contributed by atoms with E-state index in [1.54, 1.807) is 0 Å². The number of rotatable bonds is 2. The van der Waals surface area contributed by atoms with Crippen molar-refractivity contribution in [2.45, 2.75) is 31.0 Å². The molecule has 1 fully saturated rings. The second-order valence-corrected chi connectivity index (χ2v) is 5.13. The molecule has 0 spiro atoms. The monoisotopic (exact) mass is 337 g/mol. The van der Waals surface area contributed by atoms with E-state index in [1.807, 2.05) is 0 Å². The molecule has 22 heavy (non-hydrogen) atoms. The Kier molecular flexibility index (Phi) is 4.18. The van der Waals surface area contributed by atoms with Gasteiger partial charge in [-0.3, -0.25) is 0 Å². The maximum absolute atomic E-state index is 13.2. The molecule has 0 saturated heterocycles. The molecule has 0 aliphatic heterocycles. The first kappa shape index (κ1) is 16.7. The van der Waals surface area contributed by atoms with Crippen LogP contribution in [0.4, 0.5) is 17.6 Å². The van der Waals surface area contributed by atoms with Gasteiger partial charge in [-0.25, -0.2) is 4.39 Å². The zero-order valence-electron chi connectivity index (χ0n) is 11.2. The molecule has 0 amide bonds. The quantitative estimate of drug-likeness (QED) is 0.849. The molecule has 1 aliphatic rings. The maximum Gasteiger partial charge on any atom is 0.419 e. The third kappa shape index (κ3) is 2.80. The highest BCUT2D eigenvalue weighted by molar-refractivity contribution is 5.85. The first-order valence-electron chi connectivity index (χ1n) is 6.30. The third-order valence-electron chi connectivity index (χ3n) is 3.64. The molecule has 1 aliphatic carbocycles. The van der Waals surface area contributed by atoms with Crippen molar-refractivity contribution in [2.24, 2.45) is 5.73 Å². The Bertz CT molecular complexity index is 682. The number of nitrogens with two attached hydrogens (primary N) is 1. The third-order valence-corrected chi connectivity index (χ3v) is 3.64. The van der Waals surface area contributed by atoms with E-state index >= 15 is 0 Å². The van der Waals surface area contributed by atoms with Gasteiger partial charge in [-0.1, -0.05) is 5.16 Å². The second kappa shape index (κ2) is 5.51. The van der Waals surface area contributed by atoms with Gasteiger partial charge in [-0.05, 0) is 37.5 Å². The van der Waals surface area contributed by atoms with Crippen molar-refractivity contribution >= 4 is 12.4 Å². The minimum atomic E-state index is -4.79. The van der Waals surface area contributed by atoms with Crippen LogP contribution in [0.25, 0.3) is 11.5 Å². The van der Waals surface area contributed by atoms with Crippen LogP contribution < -0.4 is 5.73 Å². The summed E-state index contributed by atoms with van der Waals surface area (Å²) in [6.07, 6.45) is -2.45. The average Bonchev–Trinajstić information content (AvgIpc) is 2.85. The second-order valence-electron chi connectivity index (χ2n) is 5.13. The number of hydrogen-bond acceptors (Lipinski definition) is 4. The highest BCUT2D eigenvalue weighted by Crippen LogP contribution is 2.38. The van der Waals surface area contributed by atoms with Crippen molar-refractivity contribution in [3.63, 3.8) is 0 Å². The van der Waals surface area contributed by atoms with Crippen LogP contribution in [-0.2, 0) is 11.7 Å². The first-order valence-corrected chi connectivity index (χ1v) is 6.30.